The van der Waals surface area contributed by atoms with E-state index < -0.39 is 7.37 Å². The van der Waals surface area contributed by atoms with Gasteiger partial charge in [-0.15, -0.1) is 11.5 Å². The third kappa shape index (κ3) is 5.11. The van der Waals surface area contributed by atoms with Crippen LogP contribution in [-0.4, -0.2) is 45.5 Å². The van der Waals surface area contributed by atoms with Crippen LogP contribution >= 0.6 is 7.37 Å². The highest BCUT2D eigenvalue weighted by atomic mass is 31.2. The molecule has 2 aromatic carbocycles. The number of terminal acetylenes is 1. The van der Waals surface area contributed by atoms with E-state index in [4.69, 9.17) is 10.9 Å². The van der Waals surface area contributed by atoms with Crippen LogP contribution < -0.4 is 10.3 Å². The lowest BCUT2D eigenvalue weighted by atomic mass is 9.81. The second-order valence-electron chi connectivity index (χ2n) is 11.6. The highest BCUT2D eigenvalue weighted by Gasteiger charge is 2.42. The van der Waals surface area contributed by atoms with Crippen molar-refractivity contribution in [1.29, 1.82) is 0 Å². The summed E-state index contributed by atoms with van der Waals surface area (Å²) in [4.78, 5) is 2.33. The Kier molecular flexibility index (Phi) is 7.98. The standard InChI is InChI=1S/C34H39N5O2P/c1-8-41-42(40,9-2)32-25-38(36-35-32)23-24-39-29-20-16-14-18-27(29)34(5,6)31(39)22-12-10-11-21-30-33(3,4)26-17-13-15-19-28(26)37(30)7/h2,10-22,25H,8,23-24H2,1,3-7H3/q+1. The predicted molar refractivity (Wildman–Crippen MR) is 171 cm³/mol. The summed E-state index contributed by atoms with van der Waals surface area (Å²) < 4.78 is 22.2. The monoisotopic (exact) mass is 580 g/mol. The number of aromatic nitrogens is 3. The van der Waals surface area contributed by atoms with E-state index in [1.54, 1.807) is 17.8 Å². The van der Waals surface area contributed by atoms with Crippen LogP contribution in [0.1, 0.15) is 45.7 Å². The lowest BCUT2D eigenvalue weighted by Gasteiger charge is -2.27. The second kappa shape index (κ2) is 11.4. The van der Waals surface area contributed by atoms with Crippen LogP contribution in [0.25, 0.3) is 0 Å². The molecule has 0 aliphatic carbocycles. The number of fused-ring (bicyclic) bond motifs is 2. The first-order chi connectivity index (χ1) is 20.0. The van der Waals surface area contributed by atoms with E-state index in [9.17, 15) is 4.57 Å². The minimum Gasteiger partial charge on any atom is -0.342 e. The van der Waals surface area contributed by atoms with Crippen molar-refractivity contribution in [1.82, 2.24) is 15.0 Å². The number of nitrogens with zero attached hydrogens (tertiary/aromatic N) is 5. The van der Waals surface area contributed by atoms with Gasteiger partial charge in [0.25, 0.3) is 0 Å². The van der Waals surface area contributed by atoms with Crippen molar-refractivity contribution in [2.45, 2.75) is 52.0 Å². The number of allylic oxidation sites excluding steroid dienone is 6. The summed E-state index contributed by atoms with van der Waals surface area (Å²) in [7, 11) is -1.30. The highest BCUT2D eigenvalue weighted by Crippen LogP contribution is 2.47. The van der Waals surface area contributed by atoms with Gasteiger partial charge in [-0.2, -0.15) is 4.58 Å². The van der Waals surface area contributed by atoms with Gasteiger partial charge in [0.2, 0.25) is 5.69 Å². The molecule has 3 heterocycles. The number of hydrogen-bond acceptors (Lipinski definition) is 5. The molecule has 216 valence electrons. The molecular weight excluding hydrogens is 541 g/mol. The Morgan fingerprint density at radius 1 is 1.00 bits per heavy atom. The molecule has 1 unspecified atom stereocenters. The number of para-hydroxylation sites is 2. The van der Waals surface area contributed by atoms with Gasteiger partial charge in [0.1, 0.15) is 7.05 Å². The van der Waals surface area contributed by atoms with E-state index in [1.807, 2.05) is 0 Å². The van der Waals surface area contributed by atoms with E-state index in [0.29, 0.717) is 13.1 Å². The van der Waals surface area contributed by atoms with E-state index in [1.165, 1.54) is 33.9 Å². The zero-order chi connectivity index (χ0) is 30.1. The molecule has 8 heteroatoms. The second-order valence-corrected chi connectivity index (χ2v) is 13.7. The summed E-state index contributed by atoms with van der Waals surface area (Å²) in [5.41, 5.74) is 9.75. The van der Waals surface area contributed by atoms with Crippen molar-refractivity contribution in [3.05, 3.63) is 102 Å². The van der Waals surface area contributed by atoms with Crippen molar-refractivity contribution < 1.29 is 13.7 Å². The van der Waals surface area contributed by atoms with Gasteiger partial charge >= 0.3 is 7.37 Å². The summed E-state index contributed by atoms with van der Waals surface area (Å²) in [6.07, 6.45) is 17.9. The summed E-state index contributed by atoms with van der Waals surface area (Å²) >= 11 is 0. The van der Waals surface area contributed by atoms with Gasteiger partial charge in [0.05, 0.1) is 24.8 Å². The Hall–Kier alpha value is -3.98. The van der Waals surface area contributed by atoms with Crippen molar-refractivity contribution in [3.8, 4) is 12.1 Å². The zero-order valence-electron chi connectivity index (χ0n) is 25.3. The third-order valence-corrected chi connectivity index (χ3v) is 10.1. The molecule has 5 rings (SSSR count). The fraction of sp³-hybridized carbons (Fsp3) is 0.324. The van der Waals surface area contributed by atoms with E-state index in [0.717, 1.165) is 0 Å². The van der Waals surface area contributed by atoms with Gasteiger partial charge < -0.3 is 9.42 Å². The van der Waals surface area contributed by atoms with Gasteiger partial charge in [0, 0.05) is 41.1 Å². The first-order valence-electron chi connectivity index (χ1n) is 14.3. The van der Waals surface area contributed by atoms with Crippen molar-refractivity contribution in [2.75, 3.05) is 25.1 Å². The molecule has 0 saturated carbocycles. The molecule has 0 amide bonds. The molecule has 2 aliphatic heterocycles. The normalized spacial score (nSPS) is 19.5. The molecule has 3 aromatic rings. The van der Waals surface area contributed by atoms with Crippen molar-refractivity contribution in [3.63, 3.8) is 0 Å². The minimum absolute atomic E-state index is 0.0577. The SMILES string of the molecule is C#CP(=O)(OCC)c1cn(CCN2/C(=C/C=C/C=C/C3=[N+](C)c4ccccc4C3(C)C)C(C)(C)c3ccccc32)nn1. The van der Waals surface area contributed by atoms with Crippen LogP contribution in [0, 0.1) is 12.1 Å². The Morgan fingerprint density at radius 2 is 1.71 bits per heavy atom. The van der Waals surface area contributed by atoms with E-state index >= 15 is 0 Å². The molecule has 0 fully saturated rings. The van der Waals surface area contributed by atoms with Crippen LogP contribution in [0.3, 0.4) is 0 Å². The number of hydrogen-bond donors (Lipinski definition) is 0. The maximum absolute atomic E-state index is 12.9. The van der Waals surface area contributed by atoms with Gasteiger partial charge in [-0.1, -0.05) is 73.7 Å². The average Bonchev–Trinajstić information content (AvgIpc) is 3.60. The first-order valence-corrected chi connectivity index (χ1v) is 15.9. The lowest BCUT2D eigenvalue weighted by molar-refractivity contribution is -0.401. The molecule has 0 radical (unpaired) electrons. The zero-order valence-corrected chi connectivity index (χ0v) is 26.2. The first kappa shape index (κ1) is 29.5. The Labute approximate surface area is 249 Å². The minimum atomic E-state index is -3.44. The van der Waals surface area contributed by atoms with E-state index in [-0.39, 0.29) is 22.9 Å². The van der Waals surface area contributed by atoms with Gasteiger partial charge in [-0.05, 0) is 44.1 Å². The third-order valence-electron chi connectivity index (χ3n) is 8.33. The molecule has 0 bridgehead atoms. The van der Waals surface area contributed by atoms with Crippen LogP contribution in [0.4, 0.5) is 11.4 Å². The molecule has 7 nitrogen and oxygen atoms in total. The maximum Gasteiger partial charge on any atom is 0.324 e. The summed E-state index contributed by atoms with van der Waals surface area (Å²) in [5, 5.41) is 8.26. The molecule has 1 aromatic heterocycles. The Bertz CT molecular complexity index is 1720. The molecule has 0 N–H and O–H groups in total. The fourth-order valence-corrected chi connectivity index (χ4v) is 7.27. The molecule has 1 atom stereocenters. The smallest absolute Gasteiger partial charge is 0.324 e. The number of anilines is 1. The summed E-state index contributed by atoms with van der Waals surface area (Å²) in [6.45, 7) is 12.2. The summed E-state index contributed by atoms with van der Waals surface area (Å²) in [6, 6.07) is 17.1. The lowest BCUT2D eigenvalue weighted by Crippen LogP contribution is -2.29. The van der Waals surface area contributed by atoms with E-state index in [2.05, 4.69) is 139 Å². The average molecular weight is 581 g/mol. The topological polar surface area (TPSA) is 63.3 Å². The van der Waals surface area contributed by atoms with Crippen LogP contribution in [0.15, 0.2) is 90.8 Å². The fourth-order valence-electron chi connectivity index (χ4n) is 6.13. The molecule has 0 saturated heterocycles. The predicted octanol–water partition coefficient (Wildman–Crippen LogP) is 6.31. The van der Waals surface area contributed by atoms with Crippen LogP contribution in [-0.2, 0) is 26.5 Å². The van der Waals surface area contributed by atoms with Crippen molar-refractivity contribution in [2.24, 2.45) is 0 Å². The van der Waals surface area contributed by atoms with Gasteiger partial charge in [0.15, 0.2) is 11.1 Å². The van der Waals surface area contributed by atoms with Gasteiger partial charge in [-0.25, -0.2) is 4.68 Å². The number of benzene rings is 2. The van der Waals surface area contributed by atoms with Crippen molar-refractivity contribution >= 4 is 29.9 Å². The highest BCUT2D eigenvalue weighted by molar-refractivity contribution is 7.71. The Balaban J connectivity index is 1.37. The number of rotatable bonds is 9. The maximum atomic E-state index is 12.9. The molecular formula is C34H39N5O2P+. The van der Waals surface area contributed by atoms with Gasteiger partial charge in [-0.3, -0.25) is 4.57 Å². The molecule has 2 aliphatic rings. The van der Waals surface area contributed by atoms with Crippen LogP contribution in [0.2, 0.25) is 0 Å². The summed E-state index contributed by atoms with van der Waals surface area (Å²) in [5.74, 6) is 0. The molecule has 42 heavy (non-hydrogen) atoms. The van der Waals surface area contributed by atoms with Crippen LogP contribution in [0.5, 0.6) is 0 Å². The largest absolute Gasteiger partial charge is 0.342 e. The molecule has 0 spiro atoms. The quantitative estimate of drug-likeness (QED) is 0.129. The Morgan fingerprint density at radius 3 is 2.43 bits per heavy atom.